The molecule has 3 nitrogen and oxygen atoms in total. The molecule has 0 spiro atoms. The van der Waals surface area contributed by atoms with Crippen LogP contribution >= 0.6 is 0 Å². The molecule has 0 amide bonds. The summed E-state index contributed by atoms with van der Waals surface area (Å²) >= 11 is 0. The smallest absolute Gasteiger partial charge is 0.203 e. The molecule has 7 heteroatoms. The van der Waals surface area contributed by atoms with Gasteiger partial charge in [0.25, 0.3) is 0 Å². The fraction of sp³-hybridized carbons (Fsp3) is 0.462. The number of halogens is 4. The Hall–Kier alpha value is -1.81. The van der Waals surface area contributed by atoms with Gasteiger partial charge in [-0.05, 0) is 13.0 Å². The molecule has 0 saturated heterocycles. The van der Waals surface area contributed by atoms with Gasteiger partial charge in [0, 0.05) is 12.5 Å². The summed E-state index contributed by atoms with van der Waals surface area (Å²) in [5, 5.41) is 11.7. The van der Waals surface area contributed by atoms with E-state index in [1.807, 2.05) is 13.0 Å². The Bertz CT molecular complexity index is 476. The molecule has 0 fully saturated rings. The fourth-order valence-electron chi connectivity index (χ4n) is 1.49. The number of hydrogen-bond donors (Lipinski definition) is 1. The van der Waals surface area contributed by atoms with Gasteiger partial charge in [-0.3, -0.25) is 0 Å². The zero-order chi connectivity index (χ0) is 15.1. The van der Waals surface area contributed by atoms with Gasteiger partial charge in [0.15, 0.2) is 17.4 Å². The molecule has 0 aliphatic heterocycles. The van der Waals surface area contributed by atoms with Crippen LogP contribution in [0.15, 0.2) is 6.07 Å². The summed E-state index contributed by atoms with van der Waals surface area (Å²) < 4.78 is 57.1. The molecule has 0 radical (unpaired) electrons. The summed E-state index contributed by atoms with van der Waals surface area (Å²) in [6.07, 6.45) is 0.949. The van der Waals surface area contributed by atoms with Gasteiger partial charge in [-0.2, -0.15) is 14.0 Å². The van der Waals surface area contributed by atoms with E-state index >= 15 is 0 Å². The Kier molecular flexibility index (Phi) is 6.25. The van der Waals surface area contributed by atoms with Gasteiger partial charge in [-0.1, -0.05) is 6.92 Å². The van der Waals surface area contributed by atoms with Gasteiger partial charge in [0.05, 0.1) is 18.7 Å². The second kappa shape index (κ2) is 7.70. The molecule has 0 heterocycles. The molecule has 1 N–H and O–H groups in total. The van der Waals surface area contributed by atoms with Crippen molar-refractivity contribution in [3.63, 3.8) is 0 Å². The van der Waals surface area contributed by atoms with Crippen LogP contribution in [0.4, 0.5) is 17.6 Å². The maximum atomic E-state index is 13.3. The van der Waals surface area contributed by atoms with Crippen LogP contribution in [0, 0.1) is 34.6 Å². The Balaban J connectivity index is 2.64. The lowest BCUT2D eigenvalue weighted by molar-refractivity contribution is 0.259. The van der Waals surface area contributed by atoms with Crippen molar-refractivity contribution in [3.8, 4) is 11.8 Å². The average Bonchev–Trinajstić information content (AvgIpc) is 2.43. The highest BCUT2D eigenvalue weighted by Crippen LogP contribution is 2.26. The first-order valence-corrected chi connectivity index (χ1v) is 6.10. The van der Waals surface area contributed by atoms with Crippen molar-refractivity contribution in [2.24, 2.45) is 0 Å². The quantitative estimate of drug-likeness (QED) is 0.620. The number of nitriles is 1. The van der Waals surface area contributed by atoms with Crippen molar-refractivity contribution in [2.45, 2.75) is 25.8 Å². The molecule has 20 heavy (non-hydrogen) atoms. The lowest BCUT2D eigenvalue weighted by Gasteiger charge is -2.13. The molecule has 0 aromatic heterocycles. The van der Waals surface area contributed by atoms with Crippen molar-refractivity contribution in [2.75, 3.05) is 13.2 Å². The fourth-order valence-corrected chi connectivity index (χ4v) is 1.49. The molecule has 1 aromatic rings. The number of ether oxygens (including phenoxy) is 1. The highest BCUT2D eigenvalue weighted by molar-refractivity contribution is 5.28. The van der Waals surface area contributed by atoms with Crippen molar-refractivity contribution in [3.05, 3.63) is 29.3 Å². The second-order valence-corrected chi connectivity index (χ2v) is 4.07. The van der Waals surface area contributed by atoms with E-state index in [0.29, 0.717) is 6.54 Å². The van der Waals surface area contributed by atoms with E-state index in [0.717, 1.165) is 6.42 Å². The second-order valence-electron chi connectivity index (χ2n) is 4.07. The first kappa shape index (κ1) is 16.2. The predicted octanol–water partition coefficient (Wildman–Crippen LogP) is 2.90. The normalized spacial score (nSPS) is 12.0. The van der Waals surface area contributed by atoms with Crippen LogP contribution in [0.2, 0.25) is 0 Å². The first-order chi connectivity index (χ1) is 9.51. The maximum absolute atomic E-state index is 13.3. The van der Waals surface area contributed by atoms with Crippen molar-refractivity contribution in [1.82, 2.24) is 5.32 Å². The molecule has 0 aliphatic carbocycles. The van der Waals surface area contributed by atoms with E-state index in [1.54, 1.807) is 0 Å². The minimum absolute atomic E-state index is 0.110. The third kappa shape index (κ3) is 4.10. The number of nitrogens with zero attached hydrogens (tertiary/aromatic N) is 1. The van der Waals surface area contributed by atoms with Crippen molar-refractivity contribution in [1.29, 1.82) is 5.26 Å². The minimum atomic E-state index is -1.58. The largest absolute Gasteiger partial charge is 0.487 e. The molecule has 1 atom stereocenters. The Morgan fingerprint density at radius 2 is 1.85 bits per heavy atom. The summed E-state index contributed by atoms with van der Waals surface area (Å²) in [4.78, 5) is 0. The van der Waals surface area contributed by atoms with Crippen LogP contribution in [0.5, 0.6) is 5.75 Å². The SMILES string of the molecule is CCCNC(C#N)CCOc1c(F)c(F)cc(F)c1F. The molecule has 1 unspecified atom stereocenters. The highest BCUT2D eigenvalue weighted by atomic mass is 19.2. The molecule has 0 saturated carbocycles. The van der Waals surface area contributed by atoms with Crippen molar-refractivity contribution < 1.29 is 22.3 Å². The molecule has 0 bridgehead atoms. The number of rotatable bonds is 7. The number of hydrogen-bond acceptors (Lipinski definition) is 3. The summed E-state index contributed by atoms with van der Waals surface area (Å²) in [6.45, 7) is 2.28. The van der Waals surface area contributed by atoms with Gasteiger partial charge in [-0.25, -0.2) is 8.78 Å². The maximum Gasteiger partial charge on any atom is 0.203 e. The minimum Gasteiger partial charge on any atom is -0.487 e. The van der Waals surface area contributed by atoms with Crippen LogP contribution in [0.25, 0.3) is 0 Å². The van der Waals surface area contributed by atoms with Crippen LogP contribution in [-0.4, -0.2) is 19.2 Å². The topological polar surface area (TPSA) is 45.0 Å². The van der Waals surface area contributed by atoms with Gasteiger partial charge in [0.1, 0.15) is 0 Å². The summed E-state index contributed by atoms with van der Waals surface area (Å²) in [5.74, 6) is -7.33. The molecular formula is C13H14F4N2O. The van der Waals surface area contributed by atoms with Crippen LogP contribution in [-0.2, 0) is 0 Å². The lowest BCUT2D eigenvalue weighted by atomic mass is 10.2. The predicted molar refractivity (Wildman–Crippen MR) is 64.1 cm³/mol. The average molecular weight is 290 g/mol. The van der Waals surface area contributed by atoms with Crippen LogP contribution in [0.1, 0.15) is 19.8 Å². The van der Waals surface area contributed by atoms with E-state index in [-0.39, 0.29) is 19.1 Å². The summed E-state index contributed by atoms with van der Waals surface area (Å²) in [5.41, 5.74) is 0. The standard InChI is InChI=1S/C13H14F4N2O/c1-2-4-19-8(7-18)3-5-20-13-11(16)9(14)6-10(15)12(13)17/h6,8,19H,2-5H2,1H3. The van der Waals surface area contributed by atoms with E-state index in [9.17, 15) is 17.6 Å². The van der Waals surface area contributed by atoms with Gasteiger partial charge in [0.2, 0.25) is 11.6 Å². The first-order valence-electron chi connectivity index (χ1n) is 6.10. The van der Waals surface area contributed by atoms with Gasteiger partial charge >= 0.3 is 0 Å². The lowest BCUT2D eigenvalue weighted by Crippen LogP contribution is -2.30. The Labute approximate surface area is 114 Å². The van der Waals surface area contributed by atoms with E-state index in [2.05, 4.69) is 5.32 Å². The summed E-state index contributed by atoms with van der Waals surface area (Å²) in [7, 11) is 0. The molecule has 110 valence electrons. The van der Waals surface area contributed by atoms with E-state index in [1.165, 1.54) is 0 Å². The molecular weight excluding hydrogens is 276 g/mol. The van der Waals surface area contributed by atoms with Gasteiger partial charge in [-0.15, -0.1) is 0 Å². The monoisotopic (exact) mass is 290 g/mol. The van der Waals surface area contributed by atoms with Gasteiger partial charge < -0.3 is 10.1 Å². The third-order valence-corrected chi connectivity index (χ3v) is 2.52. The Morgan fingerprint density at radius 1 is 1.25 bits per heavy atom. The van der Waals surface area contributed by atoms with E-state index in [4.69, 9.17) is 10.00 Å². The van der Waals surface area contributed by atoms with Crippen molar-refractivity contribution >= 4 is 0 Å². The van der Waals surface area contributed by atoms with E-state index < -0.39 is 35.1 Å². The molecule has 0 aliphatic rings. The number of benzene rings is 1. The molecule has 1 aromatic carbocycles. The zero-order valence-electron chi connectivity index (χ0n) is 10.9. The van der Waals surface area contributed by atoms with Crippen LogP contribution in [0.3, 0.4) is 0 Å². The number of nitrogens with one attached hydrogen (secondary N) is 1. The zero-order valence-corrected chi connectivity index (χ0v) is 10.9. The highest BCUT2D eigenvalue weighted by Gasteiger charge is 2.20. The Morgan fingerprint density at radius 3 is 2.35 bits per heavy atom. The third-order valence-electron chi connectivity index (χ3n) is 2.52. The molecule has 1 rings (SSSR count). The summed E-state index contributed by atoms with van der Waals surface area (Å²) in [6, 6.07) is 1.50. The van der Waals surface area contributed by atoms with Crippen LogP contribution < -0.4 is 10.1 Å².